The first-order chi connectivity index (χ1) is 13.2. The summed E-state index contributed by atoms with van der Waals surface area (Å²) in [5.74, 6) is 1.59. The number of amides is 1. The molecule has 1 aliphatic carbocycles. The van der Waals surface area contributed by atoms with Gasteiger partial charge in [-0.05, 0) is 62.1 Å². The van der Waals surface area contributed by atoms with Gasteiger partial charge in [0.15, 0.2) is 5.69 Å². The van der Waals surface area contributed by atoms with Crippen LogP contribution < -0.4 is 9.64 Å². The number of ether oxygens (including phenoxy) is 1. The maximum atomic E-state index is 13.3. The Bertz CT molecular complexity index is 914. The van der Waals surface area contributed by atoms with Crippen molar-refractivity contribution in [2.45, 2.75) is 25.8 Å². The van der Waals surface area contributed by atoms with E-state index in [0.29, 0.717) is 17.5 Å². The van der Waals surface area contributed by atoms with Crippen LogP contribution in [0.3, 0.4) is 0 Å². The van der Waals surface area contributed by atoms with Gasteiger partial charge in [-0.1, -0.05) is 18.2 Å². The normalized spacial score (nSPS) is 14.6. The number of carbonyl (C=O) groups excluding carboxylic acids is 1. The Morgan fingerprint density at radius 3 is 2.48 bits per heavy atom. The monoisotopic (exact) mass is 362 g/mol. The molecule has 0 spiro atoms. The molecular weight excluding hydrogens is 340 g/mol. The highest BCUT2D eigenvalue weighted by molar-refractivity contribution is 6.05. The molecule has 5 nitrogen and oxygen atoms in total. The molecule has 0 radical (unpaired) electrons. The first-order valence-corrected chi connectivity index (χ1v) is 9.16. The van der Waals surface area contributed by atoms with E-state index in [1.165, 1.54) is 6.26 Å². The van der Waals surface area contributed by atoms with Crippen LogP contribution in [0.5, 0.6) is 5.75 Å². The lowest BCUT2D eigenvalue weighted by Crippen LogP contribution is -2.40. The molecule has 0 saturated heterocycles. The third-order valence-electron chi connectivity index (χ3n) is 5.02. The maximum Gasteiger partial charge on any atom is 0.280 e. The van der Waals surface area contributed by atoms with Crippen LogP contribution in [0.15, 0.2) is 65.3 Å². The molecule has 2 aromatic carbocycles. The van der Waals surface area contributed by atoms with Crippen molar-refractivity contribution in [3.05, 3.63) is 66.6 Å². The Morgan fingerprint density at radius 2 is 1.85 bits per heavy atom. The lowest BCUT2D eigenvalue weighted by Gasteiger charge is -2.29. The van der Waals surface area contributed by atoms with Crippen molar-refractivity contribution in [2.75, 3.05) is 12.0 Å². The van der Waals surface area contributed by atoms with E-state index < -0.39 is 0 Å². The Hall–Kier alpha value is -3.08. The minimum absolute atomic E-state index is 0.0998. The number of anilines is 1. The Kier molecular flexibility index (Phi) is 4.67. The summed E-state index contributed by atoms with van der Waals surface area (Å²) < 4.78 is 10.8. The van der Waals surface area contributed by atoms with Crippen LogP contribution in [0.1, 0.15) is 30.3 Å². The second-order valence-electron chi connectivity index (χ2n) is 6.86. The van der Waals surface area contributed by atoms with Crippen LogP contribution in [0.4, 0.5) is 5.69 Å². The Labute approximate surface area is 158 Å². The molecule has 1 aliphatic rings. The van der Waals surface area contributed by atoms with Gasteiger partial charge in [-0.15, -0.1) is 0 Å². The SMILES string of the molecule is COc1ccc(N(C(=O)c2coc(-c3ccccc3)n2)[C@H](C)C2CC2)cc1. The number of hydrogen-bond donors (Lipinski definition) is 0. The third-order valence-corrected chi connectivity index (χ3v) is 5.02. The van der Waals surface area contributed by atoms with E-state index >= 15 is 0 Å². The largest absolute Gasteiger partial charge is 0.497 e. The molecule has 1 amide bonds. The van der Waals surface area contributed by atoms with Gasteiger partial charge in [0.1, 0.15) is 12.0 Å². The van der Waals surface area contributed by atoms with Crippen LogP contribution in [-0.2, 0) is 0 Å². The van der Waals surface area contributed by atoms with Gasteiger partial charge in [-0.2, -0.15) is 0 Å². The van der Waals surface area contributed by atoms with Gasteiger partial charge >= 0.3 is 0 Å². The molecule has 138 valence electrons. The van der Waals surface area contributed by atoms with Crippen molar-refractivity contribution in [2.24, 2.45) is 5.92 Å². The molecule has 0 N–H and O–H groups in total. The smallest absolute Gasteiger partial charge is 0.280 e. The summed E-state index contributed by atoms with van der Waals surface area (Å²) in [5, 5.41) is 0. The number of aromatic nitrogens is 1. The number of hydrogen-bond acceptors (Lipinski definition) is 4. The van der Waals surface area contributed by atoms with E-state index in [1.54, 1.807) is 7.11 Å². The molecule has 0 aliphatic heterocycles. The molecule has 0 unspecified atom stereocenters. The predicted octanol–water partition coefficient (Wildman–Crippen LogP) is 4.80. The number of nitrogens with zero attached hydrogens (tertiary/aromatic N) is 2. The molecule has 1 atom stereocenters. The van der Waals surface area contributed by atoms with E-state index in [1.807, 2.05) is 59.5 Å². The lowest BCUT2D eigenvalue weighted by molar-refractivity contribution is 0.0971. The van der Waals surface area contributed by atoms with Gasteiger partial charge in [-0.25, -0.2) is 4.98 Å². The van der Waals surface area contributed by atoms with Gasteiger partial charge in [0.25, 0.3) is 5.91 Å². The summed E-state index contributed by atoms with van der Waals surface area (Å²) in [6, 6.07) is 17.2. The second kappa shape index (κ2) is 7.27. The van der Waals surface area contributed by atoms with Crippen LogP contribution >= 0.6 is 0 Å². The van der Waals surface area contributed by atoms with Gasteiger partial charge in [0.05, 0.1) is 7.11 Å². The van der Waals surface area contributed by atoms with Crippen LogP contribution in [0, 0.1) is 5.92 Å². The number of rotatable bonds is 6. The molecule has 27 heavy (non-hydrogen) atoms. The van der Waals surface area contributed by atoms with Crippen LogP contribution in [-0.4, -0.2) is 24.0 Å². The average molecular weight is 362 g/mol. The van der Waals surface area contributed by atoms with E-state index in [-0.39, 0.29) is 11.9 Å². The molecule has 5 heteroatoms. The number of benzene rings is 2. The summed E-state index contributed by atoms with van der Waals surface area (Å²) in [4.78, 5) is 19.6. The molecule has 1 aromatic heterocycles. The molecule has 3 aromatic rings. The highest BCUT2D eigenvalue weighted by Gasteiger charge is 2.36. The summed E-state index contributed by atoms with van der Waals surface area (Å²) >= 11 is 0. The van der Waals surface area contributed by atoms with Crippen molar-refractivity contribution < 1.29 is 13.9 Å². The van der Waals surface area contributed by atoms with E-state index in [2.05, 4.69) is 11.9 Å². The van der Waals surface area contributed by atoms with Gasteiger partial charge in [0.2, 0.25) is 5.89 Å². The Balaban J connectivity index is 1.65. The van der Waals surface area contributed by atoms with E-state index in [0.717, 1.165) is 29.8 Å². The molecule has 0 bridgehead atoms. The zero-order valence-corrected chi connectivity index (χ0v) is 15.5. The minimum atomic E-state index is -0.148. The summed E-state index contributed by atoms with van der Waals surface area (Å²) in [5.41, 5.74) is 2.00. The lowest BCUT2D eigenvalue weighted by atomic mass is 10.1. The first kappa shape index (κ1) is 17.3. The van der Waals surface area contributed by atoms with Gasteiger partial charge < -0.3 is 14.1 Å². The van der Waals surface area contributed by atoms with Gasteiger partial charge in [-0.3, -0.25) is 4.79 Å². The quantitative estimate of drug-likeness (QED) is 0.632. The van der Waals surface area contributed by atoms with Crippen molar-refractivity contribution in [3.8, 4) is 17.2 Å². The van der Waals surface area contributed by atoms with Crippen molar-refractivity contribution in [1.82, 2.24) is 4.98 Å². The minimum Gasteiger partial charge on any atom is -0.497 e. The molecular formula is C22H22N2O3. The highest BCUT2D eigenvalue weighted by atomic mass is 16.5. The molecule has 1 fully saturated rings. The summed E-state index contributed by atoms with van der Waals surface area (Å²) in [6.07, 6.45) is 3.74. The summed E-state index contributed by atoms with van der Waals surface area (Å²) in [7, 11) is 1.63. The fourth-order valence-electron chi connectivity index (χ4n) is 3.28. The first-order valence-electron chi connectivity index (χ1n) is 9.16. The molecule has 4 rings (SSSR count). The number of oxazole rings is 1. The van der Waals surface area contributed by atoms with Crippen LogP contribution in [0.25, 0.3) is 11.5 Å². The zero-order chi connectivity index (χ0) is 18.8. The standard InChI is InChI=1S/C22H22N2O3/c1-15(16-8-9-16)24(18-10-12-19(26-2)13-11-18)22(25)20-14-27-21(23-20)17-6-4-3-5-7-17/h3-7,10-16H,8-9H2,1-2H3/t15-/m1/s1. The third kappa shape index (κ3) is 3.58. The maximum absolute atomic E-state index is 13.3. The summed E-state index contributed by atoms with van der Waals surface area (Å²) in [6.45, 7) is 2.10. The van der Waals surface area contributed by atoms with Gasteiger partial charge in [0, 0.05) is 17.3 Å². The van der Waals surface area contributed by atoms with Crippen molar-refractivity contribution in [1.29, 1.82) is 0 Å². The van der Waals surface area contributed by atoms with Crippen molar-refractivity contribution in [3.63, 3.8) is 0 Å². The number of methoxy groups -OCH3 is 1. The fourth-order valence-corrected chi connectivity index (χ4v) is 3.28. The fraction of sp³-hybridized carbons (Fsp3) is 0.273. The zero-order valence-electron chi connectivity index (χ0n) is 15.5. The average Bonchev–Trinajstić information content (AvgIpc) is 3.45. The topological polar surface area (TPSA) is 55.6 Å². The predicted molar refractivity (Wildman–Crippen MR) is 104 cm³/mol. The number of carbonyl (C=O) groups is 1. The van der Waals surface area contributed by atoms with Crippen molar-refractivity contribution >= 4 is 11.6 Å². The molecule has 1 saturated carbocycles. The Morgan fingerprint density at radius 1 is 1.15 bits per heavy atom. The second-order valence-corrected chi connectivity index (χ2v) is 6.86. The van der Waals surface area contributed by atoms with E-state index in [4.69, 9.17) is 9.15 Å². The van der Waals surface area contributed by atoms with Crippen LogP contribution in [0.2, 0.25) is 0 Å². The highest BCUT2D eigenvalue weighted by Crippen LogP contribution is 2.38. The molecule has 1 heterocycles. The van der Waals surface area contributed by atoms with E-state index in [9.17, 15) is 4.79 Å².